The van der Waals surface area contributed by atoms with E-state index in [1.165, 1.54) is 27.7 Å². The maximum absolute atomic E-state index is 13.8. The minimum absolute atomic E-state index is 0.0814. The van der Waals surface area contributed by atoms with E-state index in [0.29, 0.717) is 0 Å². The third-order valence-corrected chi connectivity index (χ3v) is 11.4. The normalized spacial score (nSPS) is 15.1. The van der Waals surface area contributed by atoms with Gasteiger partial charge in [0.15, 0.2) is 0 Å². The van der Waals surface area contributed by atoms with Gasteiger partial charge in [-0.15, -0.1) is 0 Å². The number of rotatable bonds is 36. The van der Waals surface area contributed by atoms with E-state index in [2.05, 4.69) is 53.2 Å². The highest BCUT2D eigenvalue weighted by Gasteiger charge is 2.37. The molecule has 0 aliphatic carbocycles. The number of amides is 12. The zero-order chi connectivity index (χ0) is 59.6. The number of hydrogen-bond acceptors (Lipinski definition) is 16. The molecule has 0 saturated carbocycles. The molecule has 0 aromatic carbocycles. The highest BCUT2D eigenvalue weighted by Crippen LogP contribution is 2.12. The number of aliphatic hydroxyl groups excluding tert-OH is 2. The van der Waals surface area contributed by atoms with E-state index in [1.54, 1.807) is 27.7 Å². The monoisotopic (exact) mass is 1100 g/mol. The summed E-state index contributed by atoms with van der Waals surface area (Å²) in [4.78, 5) is 179. The molecule has 0 aromatic heterocycles. The summed E-state index contributed by atoms with van der Waals surface area (Å²) in [5.41, 5.74) is 10.7. The van der Waals surface area contributed by atoms with Crippen molar-refractivity contribution in [3.63, 3.8) is 0 Å². The van der Waals surface area contributed by atoms with Crippen molar-refractivity contribution < 1.29 is 87.5 Å². The molecule has 12 amide bonds. The van der Waals surface area contributed by atoms with Crippen LogP contribution in [0.25, 0.3) is 0 Å². The highest BCUT2D eigenvalue weighted by atomic mass is 16.4. The second-order valence-electron chi connectivity index (χ2n) is 19.8. The van der Waals surface area contributed by atoms with Gasteiger partial charge in [0.1, 0.15) is 54.4 Å². The molecular weight excluding hydrogens is 1020 g/mol. The quantitative estimate of drug-likeness (QED) is 0.0278. The molecule has 30 nitrogen and oxygen atoms in total. The molecule has 436 valence electrons. The molecule has 0 spiro atoms. The molecule has 0 aliphatic heterocycles. The molecule has 0 saturated heterocycles. The molecule has 0 aliphatic rings. The summed E-state index contributed by atoms with van der Waals surface area (Å²) in [6.45, 7) is 12.9. The largest absolute Gasteiger partial charge is 0.481 e. The summed E-state index contributed by atoms with van der Waals surface area (Å²) < 4.78 is 0. The van der Waals surface area contributed by atoms with Crippen LogP contribution in [0.4, 0.5) is 0 Å². The standard InChI is InChI=1S/C47H80N12O18/c1-20(2)17-29(43(73)52-28(13-16-34(67)68)42(72)57-35(21(3)4)39(49)69)54-40(70)27(11-14-31(48)63)53-44(74)30(19-60)55-46(76)37(23(7)8)56-32(64)18-50-45(75)36(22(5)6)58-47(77)38(24(9)61)59-41(71)26(51-25(10)62)12-15-33(65)66/h20-24,26-30,35-38,60-61H,11-19H2,1-10H3,(H2,48,63)(H2,49,69)(H,50,75)(H,51,62)(H,52,73)(H,53,74)(H,54,70)(H,55,76)(H,56,64)(H,57,72)(H,58,77)(H,59,71)(H,65,66)(H,67,68)/t24-,26+,27+,28+,29+,30+,35+,36+,37+,38+/m1/s1. The molecule has 0 fully saturated rings. The molecular formula is C47H80N12O18. The highest BCUT2D eigenvalue weighted by molar-refractivity contribution is 5.99. The van der Waals surface area contributed by atoms with E-state index in [-0.39, 0.29) is 18.8 Å². The van der Waals surface area contributed by atoms with Gasteiger partial charge in [-0.25, -0.2) is 0 Å². The van der Waals surface area contributed by atoms with Crippen LogP contribution in [-0.2, 0) is 67.1 Å². The average molecular weight is 1100 g/mol. The van der Waals surface area contributed by atoms with Crippen LogP contribution in [0.3, 0.4) is 0 Å². The van der Waals surface area contributed by atoms with Crippen molar-refractivity contribution in [1.29, 1.82) is 0 Å². The van der Waals surface area contributed by atoms with Crippen LogP contribution in [0.2, 0.25) is 0 Å². The minimum Gasteiger partial charge on any atom is -0.481 e. The van der Waals surface area contributed by atoms with Gasteiger partial charge in [0.05, 0.1) is 19.3 Å². The second kappa shape index (κ2) is 34.2. The van der Waals surface area contributed by atoms with Crippen LogP contribution >= 0.6 is 0 Å². The van der Waals surface area contributed by atoms with Crippen molar-refractivity contribution in [2.45, 2.75) is 175 Å². The molecule has 0 bridgehead atoms. The number of carbonyl (C=O) groups excluding carboxylic acids is 12. The molecule has 0 rings (SSSR count). The molecule has 30 heteroatoms. The number of aliphatic carboxylic acids is 2. The maximum Gasteiger partial charge on any atom is 0.303 e. The molecule has 0 aromatic rings. The Bertz CT molecular complexity index is 2120. The molecule has 18 N–H and O–H groups in total. The van der Waals surface area contributed by atoms with Gasteiger partial charge in [-0.1, -0.05) is 55.4 Å². The van der Waals surface area contributed by atoms with Gasteiger partial charge in [0.2, 0.25) is 70.9 Å². The van der Waals surface area contributed by atoms with Gasteiger partial charge in [-0.2, -0.15) is 0 Å². The number of carbonyl (C=O) groups is 14. The van der Waals surface area contributed by atoms with Crippen molar-refractivity contribution >= 4 is 82.8 Å². The van der Waals surface area contributed by atoms with Gasteiger partial charge < -0.3 is 85.1 Å². The lowest BCUT2D eigenvalue weighted by Gasteiger charge is -2.28. The van der Waals surface area contributed by atoms with Crippen molar-refractivity contribution in [2.24, 2.45) is 35.1 Å². The third-order valence-electron chi connectivity index (χ3n) is 11.4. The smallest absolute Gasteiger partial charge is 0.303 e. The van der Waals surface area contributed by atoms with Gasteiger partial charge in [0.25, 0.3) is 0 Å². The fraction of sp³-hybridized carbons (Fsp3) is 0.702. The molecule has 77 heavy (non-hydrogen) atoms. The minimum atomic E-state index is -1.81. The summed E-state index contributed by atoms with van der Waals surface area (Å²) in [6, 6.07) is -13.6. The number of aliphatic hydroxyl groups is 2. The van der Waals surface area contributed by atoms with Crippen LogP contribution in [0, 0.1) is 23.7 Å². The Labute approximate surface area is 445 Å². The summed E-state index contributed by atoms with van der Waals surface area (Å²) in [6.07, 6.45) is -4.52. The average Bonchev–Trinajstić information content (AvgIpc) is 3.31. The SMILES string of the molecule is CC(=O)N[C@@H](CCC(=O)O)C(=O)N[C@H](C(=O)N[C@H](C(=O)NCC(=O)N[C@H](C(=O)N[C@@H](CO)C(=O)N[C@@H](CCC(N)=O)C(=O)N[C@@H](CC(C)C)C(=O)N[C@@H](CCC(=O)O)C(=O)N[C@H](C(N)=O)C(C)C)C(C)C)C(C)C)[C@@H](C)O. The first-order valence-electron chi connectivity index (χ1n) is 24.9. The van der Waals surface area contributed by atoms with Crippen LogP contribution in [0.5, 0.6) is 0 Å². The van der Waals surface area contributed by atoms with E-state index in [1.807, 2.05) is 0 Å². The number of carboxylic acids is 2. The topological polar surface area (TPSA) is 492 Å². The molecule has 10 atom stereocenters. The van der Waals surface area contributed by atoms with E-state index >= 15 is 0 Å². The Morgan fingerprint density at radius 3 is 1.19 bits per heavy atom. The number of carboxylic acid groups (broad SMARTS) is 2. The maximum atomic E-state index is 13.8. The molecule has 0 heterocycles. The third kappa shape index (κ3) is 26.7. The van der Waals surface area contributed by atoms with Gasteiger partial charge in [-0.3, -0.25) is 67.1 Å². The van der Waals surface area contributed by atoms with E-state index in [9.17, 15) is 82.4 Å². The summed E-state index contributed by atoms with van der Waals surface area (Å²) >= 11 is 0. The van der Waals surface area contributed by atoms with Crippen molar-refractivity contribution in [1.82, 2.24) is 53.2 Å². The van der Waals surface area contributed by atoms with E-state index in [0.717, 1.165) is 13.8 Å². The van der Waals surface area contributed by atoms with Crippen molar-refractivity contribution in [3.8, 4) is 0 Å². The predicted molar refractivity (Wildman–Crippen MR) is 270 cm³/mol. The Kier molecular flexibility index (Phi) is 30.9. The lowest BCUT2D eigenvalue weighted by atomic mass is 10.00. The van der Waals surface area contributed by atoms with E-state index in [4.69, 9.17) is 16.6 Å². The Morgan fingerprint density at radius 1 is 0.429 bits per heavy atom. The number of hydrogen-bond donors (Lipinski definition) is 16. The zero-order valence-electron chi connectivity index (χ0n) is 45.1. The van der Waals surface area contributed by atoms with Crippen LogP contribution < -0.4 is 64.6 Å². The van der Waals surface area contributed by atoms with Gasteiger partial charge in [-0.05, 0) is 56.3 Å². The second-order valence-corrected chi connectivity index (χ2v) is 19.8. The Morgan fingerprint density at radius 2 is 0.792 bits per heavy atom. The first kappa shape index (κ1) is 69.5. The number of primary amides is 2. The van der Waals surface area contributed by atoms with Crippen molar-refractivity contribution in [2.75, 3.05) is 13.2 Å². The predicted octanol–water partition coefficient (Wildman–Crippen LogP) is -5.65. The lowest BCUT2D eigenvalue weighted by Crippen LogP contribution is -2.61. The Balaban J connectivity index is 6.22. The first-order chi connectivity index (χ1) is 35.6. The fourth-order valence-corrected chi connectivity index (χ4v) is 7.14. The van der Waals surface area contributed by atoms with Crippen LogP contribution in [0.1, 0.15) is 114 Å². The number of nitrogens with two attached hydrogens (primary N) is 2. The molecule has 0 radical (unpaired) electrons. The summed E-state index contributed by atoms with van der Waals surface area (Å²) in [5.74, 6) is -16.4. The van der Waals surface area contributed by atoms with Gasteiger partial charge >= 0.3 is 11.9 Å². The number of nitrogens with one attached hydrogen (secondary N) is 10. The van der Waals surface area contributed by atoms with Crippen molar-refractivity contribution in [3.05, 3.63) is 0 Å². The van der Waals surface area contributed by atoms with Gasteiger partial charge in [0, 0.05) is 26.2 Å². The van der Waals surface area contributed by atoms with Crippen LogP contribution in [0.15, 0.2) is 0 Å². The fourth-order valence-electron chi connectivity index (χ4n) is 7.14. The Hall–Kier alpha value is -7.50. The first-order valence-corrected chi connectivity index (χ1v) is 24.9. The summed E-state index contributed by atoms with van der Waals surface area (Å²) in [7, 11) is 0. The molecule has 0 unspecified atom stereocenters. The van der Waals surface area contributed by atoms with E-state index < -0.39 is 206 Å². The lowest BCUT2D eigenvalue weighted by molar-refractivity contribution is -0.139. The van der Waals surface area contributed by atoms with Crippen LogP contribution in [-0.4, -0.2) is 177 Å². The summed E-state index contributed by atoms with van der Waals surface area (Å²) in [5, 5.41) is 62.4. The zero-order valence-corrected chi connectivity index (χ0v) is 45.1.